The Morgan fingerprint density at radius 2 is 2.23 bits per heavy atom. The van der Waals surface area contributed by atoms with Gasteiger partial charge in [-0.1, -0.05) is 30.3 Å². The van der Waals surface area contributed by atoms with E-state index < -0.39 is 0 Å². The zero-order chi connectivity index (χ0) is 17.8. The SMILES string of the molecule is CN=C(NCc1cn2ccsc2n1)NC1CCN(Cc2ccccc2)C1. The first kappa shape index (κ1) is 17.1. The number of rotatable bonds is 5. The van der Waals surface area contributed by atoms with Crippen LogP contribution in [0.25, 0.3) is 4.96 Å². The number of nitrogens with zero attached hydrogens (tertiary/aromatic N) is 4. The molecule has 1 saturated heterocycles. The van der Waals surface area contributed by atoms with E-state index >= 15 is 0 Å². The van der Waals surface area contributed by atoms with E-state index in [1.807, 2.05) is 18.6 Å². The minimum Gasteiger partial charge on any atom is -0.352 e. The van der Waals surface area contributed by atoms with Crippen molar-refractivity contribution in [1.82, 2.24) is 24.9 Å². The molecule has 3 heterocycles. The molecule has 4 rings (SSSR count). The summed E-state index contributed by atoms with van der Waals surface area (Å²) < 4.78 is 2.05. The van der Waals surface area contributed by atoms with Crippen LogP contribution in [0.5, 0.6) is 0 Å². The summed E-state index contributed by atoms with van der Waals surface area (Å²) in [6.45, 7) is 3.83. The van der Waals surface area contributed by atoms with Gasteiger partial charge in [0.2, 0.25) is 0 Å². The highest BCUT2D eigenvalue weighted by molar-refractivity contribution is 7.15. The van der Waals surface area contributed by atoms with Crippen molar-refractivity contribution in [2.24, 2.45) is 4.99 Å². The summed E-state index contributed by atoms with van der Waals surface area (Å²) in [4.78, 5) is 12.5. The van der Waals surface area contributed by atoms with Crippen molar-refractivity contribution in [1.29, 1.82) is 0 Å². The minimum atomic E-state index is 0.426. The van der Waals surface area contributed by atoms with Crippen molar-refractivity contribution < 1.29 is 0 Å². The first-order valence-corrected chi connectivity index (χ1v) is 9.82. The molecule has 1 aliphatic rings. The van der Waals surface area contributed by atoms with Crippen molar-refractivity contribution in [3.05, 3.63) is 59.4 Å². The Labute approximate surface area is 157 Å². The van der Waals surface area contributed by atoms with Gasteiger partial charge in [-0.2, -0.15) is 0 Å². The number of thiazole rings is 1. The Hall–Kier alpha value is -2.38. The summed E-state index contributed by atoms with van der Waals surface area (Å²) in [6, 6.07) is 11.1. The van der Waals surface area contributed by atoms with Gasteiger partial charge in [0.25, 0.3) is 0 Å². The lowest BCUT2D eigenvalue weighted by atomic mass is 10.2. The molecule has 2 N–H and O–H groups in total. The van der Waals surface area contributed by atoms with Gasteiger partial charge < -0.3 is 10.6 Å². The quantitative estimate of drug-likeness (QED) is 0.536. The summed E-state index contributed by atoms with van der Waals surface area (Å²) in [6.07, 6.45) is 5.22. The van der Waals surface area contributed by atoms with Crippen LogP contribution in [0, 0.1) is 0 Å². The molecule has 1 atom stereocenters. The third kappa shape index (κ3) is 4.05. The molecule has 2 aromatic heterocycles. The average Bonchev–Trinajstić information content (AvgIpc) is 3.36. The lowest BCUT2D eigenvalue weighted by Crippen LogP contribution is -2.44. The molecule has 3 aromatic rings. The highest BCUT2D eigenvalue weighted by Crippen LogP contribution is 2.14. The third-order valence-electron chi connectivity index (χ3n) is 4.67. The molecule has 0 saturated carbocycles. The minimum absolute atomic E-state index is 0.426. The van der Waals surface area contributed by atoms with E-state index in [1.165, 1.54) is 5.56 Å². The van der Waals surface area contributed by atoms with Gasteiger partial charge in [0, 0.05) is 50.5 Å². The Kier molecular flexibility index (Phi) is 5.17. The summed E-state index contributed by atoms with van der Waals surface area (Å²) in [5.74, 6) is 0.841. The fourth-order valence-electron chi connectivity index (χ4n) is 3.36. The Bertz CT molecular complexity index is 840. The predicted molar refractivity (Wildman–Crippen MR) is 107 cm³/mol. The largest absolute Gasteiger partial charge is 0.352 e. The standard InChI is InChI=1S/C19H24N6S/c1-20-18(21-11-17-14-25-9-10-26-19(25)23-17)22-16-7-8-24(13-16)12-15-5-3-2-4-6-15/h2-6,9-10,14,16H,7-8,11-13H2,1H3,(H2,20,21,22). The number of aliphatic imine (C=N–C) groups is 1. The fraction of sp³-hybridized carbons (Fsp3) is 0.368. The predicted octanol–water partition coefficient (Wildman–Crippen LogP) is 2.34. The van der Waals surface area contributed by atoms with Crippen LogP contribution >= 0.6 is 11.3 Å². The van der Waals surface area contributed by atoms with E-state index in [1.54, 1.807) is 11.3 Å². The number of hydrogen-bond acceptors (Lipinski definition) is 4. The van der Waals surface area contributed by atoms with Gasteiger partial charge >= 0.3 is 0 Å². The van der Waals surface area contributed by atoms with Gasteiger partial charge in [0.05, 0.1) is 12.2 Å². The average molecular weight is 369 g/mol. The first-order valence-electron chi connectivity index (χ1n) is 8.95. The third-order valence-corrected chi connectivity index (χ3v) is 5.44. The van der Waals surface area contributed by atoms with E-state index in [0.29, 0.717) is 12.6 Å². The molecular weight excluding hydrogens is 344 g/mol. The monoisotopic (exact) mass is 368 g/mol. The van der Waals surface area contributed by atoms with Crippen LogP contribution in [0.1, 0.15) is 17.7 Å². The Morgan fingerprint density at radius 1 is 1.35 bits per heavy atom. The highest BCUT2D eigenvalue weighted by atomic mass is 32.1. The summed E-state index contributed by atoms with van der Waals surface area (Å²) in [7, 11) is 1.82. The highest BCUT2D eigenvalue weighted by Gasteiger charge is 2.23. The van der Waals surface area contributed by atoms with Crippen molar-refractivity contribution in [2.75, 3.05) is 20.1 Å². The van der Waals surface area contributed by atoms with Crippen LogP contribution in [0.15, 0.2) is 53.1 Å². The maximum Gasteiger partial charge on any atom is 0.193 e. The first-order chi connectivity index (χ1) is 12.8. The number of aromatic nitrogens is 2. The zero-order valence-electron chi connectivity index (χ0n) is 14.9. The number of nitrogens with one attached hydrogen (secondary N) is 2. The fourth-order valence-corrected chi connectivity index (χ4v) is 4.08. The molecule has 1 fully saturated rings. The molecule has 1 unspecified atom stereocenters. The van der Waals surface area contributed by atoms with E-state index in [-0.39, 0.29) is 0 Å². The number of guanidine groups is 1. The van der Waals surface area contributed by atoms with Crippen molar-refractivity contribution in [3.8, 4) is 0 Å². The number of imidazole rings is 1. The molecule has 1 aromatic carbocycles. The van der Waals surface area contributed by atoms with Crippen LogP contribution in [-0.4, -0.2) is 46.4 Å². The molecule has 0 spiro atoms. The van der Waals surface area contributed by atoms with Crippen LogP contribution < -0.4 is 10.6 Å². The molecule has 1 aliphatic heterocycles. The normalized spacial score (nSPS) is 18.5. The number of likely N-dealkylation sites (tertiary alicyclic amines) is 1. The van der Waals surface area contributed by atoms with Crippen LogP contribution in [0.3, 0.4) is 0 Å². The molecule has 136 valence electrons. The van der Waals surface area contributed by atoms with Crippen LogP contribution in [-0.2, 0) is 13.1 Å². The molecule has 0 radical (unpaired) electrons. The summed E-state index contributed by atoms with van der Waals surface area (Å²) >= 11 is 1.65. The van der Waals surface area contributed by atoms with Gasteiger partial charge in [0.1, 0.15) is 0 Å². The van der Waals surface area contributed by atoms with Gasteiger partial charge in [-0.15, -0.1) is 11.3 Å². The molecule has 26 heavy (non-hydrogen) atoms. The number of fused-ring (bicyclic) bond motifs is 1. The molecule has 0 aliphatic carbocycles. The van der Waals surface area contributed by atoms with E-state index in [2.05, 4.69) is 66.4 Å². The van der Waals surface area contributed by atoms with E-state index in [0.717, 1.165) is 42.7 Å². The number of benzene rings is 1. The second kappa shape index (κ2) is 7.88. The Morgan fingerprint density at radius 3 is 3.04 bits per heavy atom. The lowest BCUT2D eigenvalue weighted by molar-refractivity contribution is 0.324. The second-order valence-electron chi connectivity index (χ2n) is 6.60. The summed E-state index contributed by atoms with van der Waals surface area (Å²) in [5, 5.41) is 8.96. The Balaban J connectivity index is 1.26. The zero-order valence-corrected chi connectivity index (χ0v) is 15.7. The molecular formula is C19H24N6S. The van der Waals surface area contributed by atoms with Crippen molar-refractivity contribution in [2.45, 2.75) is 25.6 Å². The molecule has 0 amide bonds. The van der Waals surface area contributed by atoms with Crippen LogP contribution in [0.4, 0.5) is 0 Å². The van der Waals surface area contributed by atoms with Gasteiger partial charge in [-0.05, 0) is 12.0 Å². The van der Waals surface area contributed by atoms with Gasteiger partial charge in [0.15, 0.2) is 10.9 Å². The lowest BCUT2D eigenvalue weighted by Gasteiger charge is -2.18. The van der Waals surface area contributed by atoms with Crippen molar-refractivity contribution in [3.63, 3.8) is 0 Å². The maximum atomic E-state index is 4.60. The second-order valence-corrected chi connectivity index (χ2v) is 7.47. The van der Waals surface area contributed by atoms with Crippen LogP contribution in [0.2, 0.25) is 0 Å². The summed E-state index contributed by atoms with van der Waals surface area (Å²) in [5.41, 5.74) is 2.40. The molecule has 6 nitrogen and oxygen atoms in total. The molecule has 7 heteroatoms. The maximum absolute atomic E-state index is 4.60. The smallest absolute Gasteiger partial charge is 0.193 e. The topological polar surface area (TPSA) is 57.0 Å². The van der Waals surface area contributed by atoms with E-state index in [9.17, 15) is 0 Å². The molecule has 0 bridgehead atoms. The van der Waals surface area contributed by atoms with Crippen molar-refractivity contribution >= 4 is 22.3 Å². The van der Waals surface area contributed by atoms with Gasteiger partial charge in [-0.3, -0.25) is 14.3 Å². The number of hydrogen-bond donors (Lipinski definition) is 2. The van der Waals surface area contributed by atoms with E-state index in [4.69, 9.17) is 0 Å². The van der Waals surface area contributed by atoms with Gasteiger partial charge in [-0.25, -0.2) is 4.98 Å².